The van der Waals surface area contributed by atoms with Gasteiger partial charge in [-0.2, -0.15) is 0 Å². The van der Waals surface area contributed by atoms with Gasteiger partial charge in [0.2, 0.25) is 0 Å². The maximum atomic E-state index is 12.2. The first-order valence-corrected chi connectivity index (χ1v) is 6.94. The Morgan fingerprint density at radius 2 is 2.09 bits per heavy atom. The summed E-state index contributed by atoms with van der Waals surface area (Å²) in [6.45, 7) is 1.50. The zero-order valence-corrected chi connectivity index (χ0v) is 13.2. The molecule has 0 unspecified atom stereocenters. The Kier molecular flexibility index (Phi) is 4.80. The van der Waals surface area contributed by atoms with Crippen molar-refractivity contribution in [2.75, 3.05) is 7.11 Å². The highest BCUT2D eigenvalue weighted by Crippen LogP contribution is 2.20. The second-order valence-electron chi connectivity index (χ2n) is 4.84. The van der Waals surface area contributed by atoms with Gasteiger partial charge in [-0.25, -0.2) is 4.79 Å². The zero-order chi connectivity index (χ0) is 17.1. The van der Waals surface area contributed by atoms with Gasteiger partial charge in [-0.15, -0.1) is 0 Å². The van der Waals surface area contributed by atoms with Crippen molar-refractivity contribution in [1.82, 2.24) is 4.57 Å². The fourth-order valence-electron chi connectivity index (χ4n) is 2.12. The van der Waals surface area contributed by atoms with E-state index in [1.165, 1.54) is 49.1 Å². The second kappa shape index (κ2) is 6.62. The number of benzene rings is 1. The van der Waals surface area contributed by atoms with E-state index in [1.807, 2.05) is 0 Å². The van der Waals surface area contributed by atoms with E-state index in [2.05, 4.69) is 4.74 Å². The van der Waals surface area contributed by atoms with Gasteiger partial charge in [0.15, 0.2) is 0 Å². The number of pyridine rings is 1. The van der Waals surface area contributed by atoms with E-state index < -0.39 is 22.1 Å². The quantitative estimate of drug-likeness (QED) is 0.486. The van der Waals surface area contributed by atoms with Crippen LogP contribution in [0.2, 0.25) is 5.02 Å². The highest BCUT2D eigenvalue weighted by atomic mass is 35.5. The summed E-state index contributed by atoms with van der Waals surface area (Å²) in [4.78, 5) is 34.1. The molecule has 0 fully saturated rings. The van der Waals surface area contributed by atoms with Crippen LogP contribution in [0.25, 0.3) is 0 Å². The number of hydrogen-bond acceptors (Lipinski definition) is 5. The molecule has 0 amide bonds. The Hall–Kier alpha value is -2.67. The maximum Gasteiger partial charge on any atom is 0.337 e. The minimum atomic E-state index is -0.727. The summed E-state index contributed by atoms with van der Waals surface area (Å²) in [6.07, 6.45) is 1.45. The molecule has 0 aliphatic rings. The van der Waals surface area contributed by atoms with Crippen molar-refractivity contribution in [2.45, 2.75) is 13.5 Å². The average molecular weight is 337 g/mol. The van der Waals surface area contributed by atoms with Crippen LogP contribution in [0.15, 0.2) is 35.3 Å². The number of aromatic nitrogens is 1. The molecule has 0 N–H and O–H groups in total. The fourth-order valence-corrected chi connectivity index (χ4v) is 2.30. The Bertz CT molecular complexity index is 844. The van der Waals surface area contributed by atoms with E-state index in [0.29, 0.717) is 10.6 Å². The molecule has 23 heavy (non-hydrogen) atoms. The van der Waals surface area contributed by atoms with E-state index in [-0.39, 0.29) is 17.7 Å². The molecule has 0 atom stereocenters. The van der Waals surface area contributed by atoms with Crippen LogP contribution in [-0.4, -0.2) is 22.6 Å². The van der Waals surface area contributed by atoms with Crippen LogP contribution >= 0.6 is 11.6 Å². The molecule has 2 rings (SSSR count). The molecule has 0 radical (unpaired) electrons. The molecule has 8 heteroatoms. The van der Waals surface area contributed by atoms with E-state index in [9.17, 15) is 19.7 Å². The van der Waals surface area contributed by atoms with Gasteiger partial charge >= 0.3 is 17.2 Å². The first kappa shape index (κ1) is 16.7. The van der Waals surface area contributed by atoms with Crippen LogP contribution < -0.4 is 5.56 Å². The van der Waals surface area contributed by atoms with Crippen LogP contribution in [-0.2, 0) is 11.3 Å². The molecule has 0 saturated carbocycles. The smallest absolute Gasteiger partial charge is 0.337 e. The van der Waals surface area contributed by atoms with Crippen molar-refractivity contribution >= 4 is 23.3 Å². The molecule has 1 aromatic heterocycles. The Morgan fingerprint density at radius 3 is 2.70 bits per heavy atom. The number of hydrogen-bond donors (Lipinski definition) is 0. The summed E-state index contributed by atoms with van der Waals surface area (Å²) in [5.74, 6) is -0.537. The Labute approximate surface area is 136 Å². The molecule has 0 aliphatic carbocycles. The second-order valence-corrected chi connectivity index (χ2v) is 5.24. The number of carbonyl (C=O) groups excluding carboxylic acids is 1. The van der Waals surface area contributed by atoms with Gasteiger partial charge in [-0.05, 0) is 36.8 Å². The molecule has 0 bridgehead atoms. The lowest BCUT2D eigenvalue weighted by atomic mass is 10.1. The van der Waals surface area contributed by atoms with E-state index >= 15 is 0 Å². The highest BCUT2D eigenvalue weighted by molar-refractivity contribution is 6.31. The highest BCUT2D eigenvalue weighted by Gasteiger charge is 2.19. The molecule has 1 heterocycles. The van der Waals surface area contributed by atoms with Gasteiger partial charge in [-0.1, -0.05) is 11.6 Å². The summed E-state index contributed by atoms with van der Waals surface area (Å²) in [5.41, 5.74) is -0.163. The number of methoxy groups -OCH3 is 1. The fraction of sp³-hybridized carbons (Fsp3) is 0.200. The number of aryl methyl sites for hydroxylation is 1. The third-order valence-corrected chi connectivity index (χ3v) is 3.70. The number of esters is 1. The minimum absolute atomic E-state index is 0.00359. The molecular weight excluding hydrogens is 324 g/mol. The van der Waals surface area contributed by atoms with Crippen LogP contribution in [0, 0.1) is 17.0 Å². The zero-order valence-electron chi connectivity index (χ0n) is 12.4. The van der Waals surface area contributed by atoms with Crippen LogP contribution in [0.5, 0.6) is 0 Å². The van der Waals surface area contributed by atoms with Gasteiger partial charge in [0.1, 0.15) is 0 Å². The molecular formula is C15H13ClN2O5. The summed E-state index contributed by atoms with van der Waals surface area (Å²) in [6, 6.07) is 5.98. The van der Waals surface area contributed by atoms with Crippen molar-refractivity contribution in [3.63, 3.8) is 0 Å². The van der Waals surface area contributed by atoms with Crippen molar-refractivity contribution in [3.8, 4) is 0 Å². The standard InChI is InChI=1S/C15H13ClN2O5/c1-9-5-6-17(14(19)13(9)18(21)22)8-11-7-10(15(20)23-2)3-4-12(11)16/h3-7H,8H2,1-2H3. The lowest BCUT2D eigenvalue weighted by Crippen LogP contribution is -2.23. The van der Waals surface area contributed by atoms with Crippen LogP contribution in [0.4, 0.5) is 5.69 Å². The van der Waals surface area contributed by atoms with Gasteiger partial charge in [-0.3, -0.25) is 14.9 Å². The number of nitrogens with zero attached hydrogens (tertiary/aromatic N) is 2. The molecule has 0 aliphatic heterocycles. The summed E-state index contributed by atoms with van der Waals surface area (Å²) >= 11 is 6.08. The van der Waals surface area contributed by atoms with E-state index in [0.717, 1.165) is 0 Å². The summed E-state index contributed by atoms with van der Waals surface area (Å²) < 4.78 is 5.81. The van der Waals surface area contributed by atoms with Gasteiger partial charge < -0.3 is 9.30 Å². The van der Waals surface area contributed by atoms with Gasteiger partial charge in [0.25, 0.3) is 0 Å². The first-order valence-electron chi connectivity index (χ1n) is 6.56. The topological polar surface area (TPSA) is 91.4 Å². The molecule has 0 saturated heterocycles. The van der Waals surface area contributed by atoms with Crippen LogP contribution in [0.1, 0.15) is 21.5 Å². The molecule has 2 aromatic rings. The SMILES string of the molecule is COC(=O)c1ccc(Cl)c(Cn2ccc(C)c([N+](=O)[O-])c2=O)c1. The monoisotopic (exact) mass is 336 g/mol. The number of rotatable bonds is 4. The van der Waals surface area contributed by atoms with Crippen molar-refractivity contribution < 1.29 is 14.5 Å². The number of carbonyl (C=O) groups is 1. The third kappa shape index (κ3) is 3.40. The lowest BCUT2D eigenvalue weighted by Gasteiger charge is -2.10. The molecule has 0 spiro atoms. The van der Waals surface area contributed by atoms with Gasteiger partial charge in [0, 0.05) is 16.8 Å². The molecule has 1 aromatic carbocycles. The molecule has 7 nitrogen and oxygen atoms in total. The number of ether oxygens (including phenoxy) is 1. The molecule has 120 valence electrons. The summed E-state index contributed by atoms with van der Waals surface area (Å²) in [5, 5.41) is 11.3. The van der Waals surface area contributed by atoms with E-state index in [1.54, 1.807) is 0 Å². The summed E-state index contributed by atoms with van der Waals surface area (Å²) in [7, 11) is 1.25. The van der Waals surface area contributed by atoms with Crippen molar-refractivity contribution in [2.24, 2.45) is 0 Å². The Morgan fingerprint density at radius 1 is 1.39 bits per heavy atom. The predicted molar refractivity (Wildman–Crippen MR) is 84.0 cm³/mol. The van der Waals surface area contributed by atoms with E-state index in [4.69, 9.17) is 11.6 Å². The minimum Gasteiger partial charge on any atom is -0.465 e. The normalized spacial score (nSPS) is 10.4. The Balaban J connectivity index is 2.48. The maximum absolute atomic E-state index is 12.2. The largest absolute Gasteiger partial charge is 0.465 e. The van der Waals surface area contributed by atoms with Crippen molar-refractivity contribution in [3.05, 3.63) is 72.6 Å². The van der Waals surface area contributed by atoms with Crippen LogP contribution in [0.3, 0.4) is 0 Å². The number of halogens is 1. The van der Waals surface area contributed by atoms with Crippen molar-refractivity contribution in [1.29, 1.82) is 0 Å². The number of nitro groups is 1. The average Bonchev–Trinajstić information content (AvgIpc) is 2.51. The lowest BCUT2D eigenvalue weighted by molar-refractivity contribution is -0.387. The predicted octanol–water partition coefficient (Wildman–Crippen LogP) is 2.55. The van der Waals surface area contributed by atoms with Gasteiger partial charge in [0.05, 0.1) is 24.1 Å². The first-order chi connectivity index (χ1) is 10.8. The third-order valence-electron chi connectivity index (χ3n) is 3.33.